The number of ether oxygens (including phenoxy) is 1. The molecule has 1 saturated carbocycles. The van der Waals surface area contributed by atoms with Crippen LogP contribution in [0.5, 0.6) is 0 Å². The van der Waals surface area contributed by atoms with Crippen LogP contribution in [0.25, 0.3) is 0 Å². The summed E-state index contributed by atoms with van der Waals surface area (Å²) < 4.78 is 7.66. The molecule has 2 aliphatic heterocycles. The highest BCUT2D eigenvalue weighted by molar-refractivity contribution is 5.09. The van der Waals surface area contributed by atoms with E-state index >= 15 is 0 Å². The Morgan fingerprint density at radius 2 is 2.14 bits per heavy atom. The average Bonchev–Trinajstić information content (AvgIpc) is 3.21. The van der Waals surface area contributed by atoms with Crippen molar-refractivity contribution < 1.29 is 9.84 Å². The molecular weight excluding hydrogens is 282 g/mol. The summed E-state index contributed by atoms with van der Waals surface area (Å²) in [6, 6.07) is 0.444. The van der Waals surface area contributed by atoms with E-state index in [1.165, 1.54) is 12.8 Å². The van der Waals surface area contributed by atoms with Crippen LogP contribution in [0.4, 0.5) is 0 Å². The van der Waals surface area contributed by atoms with Crippen molar-refractivity contribution in [2.24, 2.45) is 0 Å². The lowest BCUT2D eigenvalue weighted by Crippen LogP contribution is -2.52. The summed E-state index contributed by atoms with van der Waals surface area (Å²) in [6.07, 6.45) is 6.22. The molecule has 2 saturated heterocycles. The Morgan fingerprint density at radius 1 is 1.32 bits per heavy atom. The van der Waals surface area contributed by atoms with E-state index in [1.807, 2.05) is 10.9 Å². The minimum Gasteiger partial charge on any atom is -0.389 e. The molecule has 22 heavy (non-hydrogen) atoms. The van der Waals surface area contributed by atoms with E-state index < -0.39 is 6.10 Å². The summed E-state index contributed by atoms with van der Waals surface area (Å²) in [7, 11) is 0. The van der Waals surface area contributed by atoms with Crippen molar-refractivity contribution in [2.45, 2.75) is 62.4 Å². The third-order valence-corrected chi connectivity index (χ3v) is 4.98. The monoisotopic (exact) mass is 307 g/mol. The minimum atomic E-state index is -0.439. The molecule has 3 N–H and O–H groups in total. The second-order valence-electron chi connectivity index (χ2n) is 6.80. The van der Waals surface area contributed by atoms with Gasteiger partial charge in [0.2, 0.25) is 0 Å². The number of aliphatic hydroxyl groups excluding tert-OH is 1. The van der Waals surface area contributed by atoms with Gasteiger partial charge >= 0.3 is 0 Å². The standard InChI is InChI=1S/C15H25N5O2/c21-13-9-22-14(15(13)17-11-3-5-16-6-4-11)8-20-7-12(18-19-20)10-1-2-10/h7,10-11,13-17,21H,1-6,8-9H2/t13-,14+,15+/m0/s1. The summed E-state index contributed by atoms with van der Waals surface area (Å²) in [5, 5.41) is 25.7. The molecule has 3 atom stereocenters. The van der Waals surface area contributed by atoms with Crippen molar-refractivity contribution in [3.8, 4) is 0 Å². The first kappa shape index (κ1) is 14.6. The van der Waals surface area contributed by atoms with E-state index in [9.17, 15) is 5.11 Å². The molecule has 0 aromatic carbocycles. The highest BCUT2D eigenvalue weighted by Crippen LogP contribution is 2.38. The van der Waals surface area contributed by atoms with Crippen molar-refractivity contribution in [2.75, 3.05) is 19.7 Å². The zero-order valence-corrected chi connectivity index (χ0v) is 12.8. The summed E-state index contributed by atoms with van der Waals surface area (Å²) in [5.41, 5.74) is 1.10. The van der Waals surface area contributed by atoms with Gasteiger partial charge in [-0.1, -0.05) is 5.21 Å². The van der Waals surface area contributed by atoms with E-state index in [0.717, 1.165) is 31.6 Å². The van der Waals surface area contributed by atoms with Gasteiger partial charge in [-0.15, -0.1) is 5.10 Å². The average molecular weight is 307 g/mol. The van der Waals surface area contributed by atoms with E-state index in [2.05, 4.69) is 20.9 Å². The molecule has 122 valence electrons. The molecule has 0 radical (unpaired) electrons. The van der Waals surface area contributed by atoms with Crippen LogP contribution in [0.15, 0.2) is 6.20 Å². The molecule has 0 amide bonds. The van der Waals surface area contributed by atoms with Crippen LogP contribution in [0, 0.1) is 0 Å². The summed E-state index contributed by atoms with van der Waals surface area (Å²) in [6.45, 7) is 3.14. The van der Waals surface area contributed by atoms with Crippen molar-refractivity contribution in [3.05, 3.63) is 11.9 Å². The number of piperidine rings is 1. The van der Waals surface area contributed by atoms with Crippen LogP contribution in [-0.4, -0.2) is 64.1 Å². The van der Waals surface area contributed by atoms with E-state index in [1.54, 1.807) is 0 Å². The second-order valence-corrected chi connectivity index (χ2v) is 6.80. The zero-order valence-electron chi connectivity index (χ0n) is 12.8. The first-order valence-electron chi connectivity index (χ1n) is 8.46. The second kappa shape index (κ2) is 6.23. The molecule has 3 aliphatic rings. The molecule has 7 nitrogen and oxygen atoms in total. The van der Waals surface area contributed by atoms with Gasteiger partial charge in [-0.2, -0.15) is 0 Å². The van der Waals surface area contributed by atoms with Gasteiger partial charge in [0.05, 0.1) is 37.1 Å². The molecule has 0 spiro atoms. The third-order valence-electron chi connectivity index (χ3n) is 4.98. The number of aliphatic hydroxyl groups is 1. The van der Waals surface area contributed by atoms with Gasteiger partial charge in [0.25, 0.3) is 0 Å². The Morgan fingerprint density at radius 3 is 2.91 bits per heavy atom. The van der Waals surface area contributed by atoms with Crippen molar-refractivity contribution in [1.29, 1.82) is 0 Å². The fourth-order valence-corrected chi connectivity index (χ4v) is 3.48. The summed E-state index contributed by atoms with van der Waals surface area (Å²) >= 11 is 0. The highest BCUT2D eigenvalue weighted by atomic mass is 16.5. The summed E-state index contributed by atoms with van der Waals surface area (Å²) in [5.74, 6) is 0.618. The van der Waals surface area contributed by atoms with Gasteiger partial charge in [0.1, 0.15) is 0 Å². The smallest absolute Gasteiger partial charge is 0.0952 e. The highest BCUT2D eigenvalue weighted by Gasteiger charge is 2.38. The predicted molar refractivity (Wildman–Crippen MR) is 80.6 cm³/mol. The Bertz CT molecular complexity index is 498. The zero-order chi connectivity index (χ0) is 14.9. The Hall–Kier alpha value is -1.02. The Kier molecular flexibility index (Phi) is 4.13. The normalized spacial score (nSPS) is 33.4. The first-order valence-corrected chi connectivity index (χ1v) is 8.46. The van der Waals surface area contributed by atoms with Crippen LogP contribution in [0.1, 0.15) is 37.3 Å². The van der Waals surface area contributed by atoms with Crippen LogP contribution >= 0.6 is 0 Å². The summed E-state index contributed by atoms with van der Waals surface area (Å²) in [4.78, 5) is 0. The molecule has 0 bridgehead atoms. The van der Waals surface area contributed by atoms with Crippen LogP contribution in [0.3, 0.4) is 0 Å². The lowest BCUT2D eigenvalue weighted by molar-refractivity contribution is 0.0730. The molecule has 1 aromatic heterocycles. The fraction of sp³-hybridized carbons (Fsp3) is 0.867. The van der Waals surface area contributed by atoms with Crippen molar-refractivity contribution >= 4 is 0 Å². The number of aromatic nitrogens is 3. The van der Waals surface area contributed by atoms with Crippen LogP contribution < -0.4 is 10.6 Å². The maximum absolute atomic E-state index is 10.2. The lowest BCUT2D eigenvalue weighted by Gasteiger charge is -2.30. The number of nitrogens with one attached hydrogen (secondary N) is 2. The van der Waals surface area contributed by atoms with Gasteiger partial charge in [0, 0.05) is 18.2 Å². The lowest BCUT2D eigenvalue weighted by atomic mass is 10.0. The quantitative estimate of drug-likeness (QED) is 0.688. The largest absolute Gasteiger partial charge is 0.389 e. The molecule has 1 aromatic rings. The maximum Gasteiger partial charge on any atom is 0.0952 e. The number of nitrogens with zero attached hydrogens (tertiary/aromatic N) is 3. The molecule has 0 unspecified atom stereocenters. The Labute approximate surface area is 130 Å². The number of hydrogen-bond donors (Lipinski definition) is 3. The maximum atomic E-state index is 10.2. The molecule has 1 aliphatic carbocycles. The SMILES string of the molecule is O[C@H]1CO[C@H](Cn2cc(C3CC3)nn2)[C@@H]1NC1CCNCC1. The molecule has 4 rings (SSSR count). The topological polar surface area (TPSA) is 84.2 Å². The first-order chi connectivity index (χ1) is 10.8. The Balaban J connectivity index is 1.38. The van der Waals surface area contributed by atoms with Gasteiger partial charge in [0.15, 0.2) is 0 Å². The van der Waals surface area contributed by atoms with Crippen molar-refractivity contribution in [3.63, 3.8) is 0 Å². The number of rotatable bonds is 5. The van der Waals surface area contributed by atoms with Gasteiger partial charge in [-0.05, 0) is 38.8 Å². The van der Waals surface area contributed by atoms with Gasteiger partial charge < -0.3 is 20.5 Å². The van der Waals surface area contributed by atoms with E-state index in [-0.39, 0.29) is 12.1 Å². The van der Waals surface area contributed by atoms with Crippen LogP contribution in [-0.2, 0) is 11.3 Å². The molecular formula is C15H25N5O2. The van der Waals surface area contributed by atoms with Gasteiger partial charge in [-0.25, -0.2) is 4.68 Å². The van der Waals surface area contributed by atoms with Crippen LogP contribution in [0.2, 0.25) is 0 Å². The molecule has 3 heterocycles. The van der Waals surface area contributed by atoms with Gasteiger partial charge in [-0.3, -0.25) is 0 Å². The van der Waals surface area contributed by atoms with E-state index in [4.69, 9.17) is 4.74 Å². The van der Waals surface area contributed by atoms with Crippen molar-refractivity contribution in [1.82, 2.24) is 25.6 Å². The molecule has 3 fully saturated rings. The molecule has 7 heteroatoms. The third kappa shape index (κ3) is 3.17. The number of hydrogen-bond acceptors (Lipinski definition) is 6. The van der Waals surface area contributed by atoms with E-state index in [0.29, 0.717) is 25.1 Å². The minimum absolute atomic E-state index is 0.0170. The fourth-order valence-electron chi connectivity index (χ4n) is 3.48. The predicted octanol–water partition coefficient (Wildman–Crippen LogP) is -0.375.